The Kier molecular flexibility index (Phi) is 3.41. The molecule has 1 atom stereocenters. The van der Waals surface area contributed by atoms with Crippen molar-refractivity contribution in [1.82, 2.24) is 0 Å². The van der Waals surface area contributed by atoms with Crippen LogP contribution in [-0.2, 0) is 9.53 Å². The van der Waals surface area contributed by atoms with E-state index < -0.39 is 0 Å². The van der Waals surface area contributed by atoms with Gasteiger partial charge in [0.1, 0.15) is 0 Å². The zero-order chi connectivity index (χ0) is 12.5. The predicted molar refractivity (Wildman–Crippen MR) is 68.5 cm³/mol. The number of esters is 1. The van der Waals surface area contributed by atoms with Crippen LogP contribution in [0.3, 0.4) is 0 Å². The molecule has 2 fully saturated rings. The lowest BCUT2D eigenvalue weighted by Gasteiger charge is -2.40. The summed E-state index contributed by atoms with van der Waals surface area (Å²) < 4.78 is 4.95. The van der Waals surface area contributed by atoms with E-state index in [9.17, 15) is 4.79 Å². The molecule has 94 valence electrons. The number of ether oxygens (including phenoxy) is 1. The fourth-order valence-electron chi connectivity index (χ4n) is 3.05. The minimum absolute atomic E-state index is 0.121. The molecule has 2 heteroatoms. The standard InChI is InChI=1S/C15H22O2/c1-11-5-4-9-15(2,3)13(11)7-6-12-8-10-17-14(12)16/h6,13H,1,4-5,7-10H2,2-3H3/t13-/m0/s1. The molecule has 1 heterocycles. The van der Waals surface area contributed by atoms with Crippen molar-refractivity contribution in [3.63, 3.8) is 0 Å². The van der Waals surface area contributed by atoms with Gasteiger partial charge < -0.3 is 4.74 Å². The zero-order valence-electron chi connectivity index (χ0n) is 10.9. The molecule has 1 saturated heterocycles. The second-order valence-corrected chi connectivity index (χ2v) is 5.90. The van der Waals surface area contributed by atoms with Crippen molar-refractivity contribution in [3.05, 3.63) is 23.8 Å². The molecule has 2 aliphatic rings. The van der Waals surface area contributed by atoms with E-state index in [2.05, 4.69) is 26.5 Å². The largest absolute Gasteiger partial charge is 0.462 e. The molecular weight excluding hydrogens is 212 g/mol. The molecule has 0 aromatic heterocycles. The Balaban J connectivity index is 2.06. The third kappa shape index (κ3) is 2.62. The highest BCUT2D eigenvalue weighted by molar-refractivity contribution is 5.90. The molecule has 1 aliphatic carbocycles. The molecular formula is C15H22O2. The maximum atomic E-state index is 11.4. The van der Waals surface area contributed by atoms with Gasteiger partial charge in [0.2, 0.25) is 0 Å². The molecule has 0 bridgehead atoms. The first-order chi connectivity index (χ1) is 8.00. The van der Waals surface area contributed by atoms with Gasteiger partial charge in [-0.2, -0.15) is 0 Å². The van der Waals surface area contributed by atoms with Gasteiger partial charge in [-0.1, -0.05) is 32.1 Å². The summed E-state index contributed by atoms with van der Waals surface area (Å²) in [5, 5.41) is 0. The maximum absolute atomic E-state index is 11.4. The van der Waals surface area contributed by atoms with E-state index in [1.54, 1.807) is 0 Å². The lowest BCUT2D eigenvalue weighted by atomic mass is 9.65. The molecule has 1 saturated carbocycles. The number of cyclic esters (lactones) is 1. The smallest absolute Gasteiger partial charge is 0.333 e. The first kappa shape index (κ1) is 12.4. The van der Waals surface area contributed by atoms with Crippen LogP contribution in [0.2, 0.25) is 0 Å². The van der Waals surface area contributed by atoms with Gasteiger partial charge in [0.25, 0.3) is 0 Å². The lowest BCUT2D eigenvalue weighted by molar-refractivity contribution is -0.135. The summed E-state index contributed by atoms with van der Waals surface area (Å²) in [4.78, 5) is 11.4. The average molecular weight is 234 g/mol. The summed E-state index contributed by atoms with van der Waals surface area (Å²) in [5.74, 6) is 0.390. The highest BCUT2D eigenvalue weighted by Crippen LogP contribution is 2.45. The predicted octanol–water partition coefficient (Wildman–Crippen LogP) is 3.63. The van der Waals surface area contributed by atoms with Crippen LogP contribution in [0, 0.1) is 11.3 Å². The van der Waals surface area contributed by atoms with Crippen molar-refractivity contribution < 1.29 is 9.53 Å². The summed E-state index contributed by atoms with van der Waals surface area (Å²) in [6.07, 6.45) is 7.44. The summed E-state index contributed by atoms with van der Waals surface area (Å²) in [5.41, 5.74) is 2.53. The van der Waals surface area contributed by atoms with Crippen molar-refractivity contribution >= 4 is 5.97 Å². The van der Waals surface area contributed by atoms with Gasteiger partial charge in [0.15, 0.2) is 0 Å². The summed E-state index contributed by atoms with van der Waals surface area (Å²) in [6, 6.07) is 0. The third-order valence-corrected chi connectivity index (χ3v) is 4.22. The van der Waals surface area contributed by atoms with Crippen molar-refractivity contribution in [1.29, 1.82) is 0 Å². The molecule has 17 heavy (non-hydrogen) atoms. The Morgan fingerprint density at radius 1 is 1.47 bits per heavy atom. The Hall–Kier alpha value is -1.05. The number of rotatable bonds is 2. The summed E-state index contributed by atoms with van der Waals surface area (Å²) in [7, 11) is 0. The van der Waals surface area contributed by atoms with Crippen LogP contribution < -0.4 is 0 Å². The molecule has 0 N–H and O–H groups in total. The molecule has 0 unspecified atom stereocenters. The van der Waals surface area contributed by atoms with Crippen LogP contribution in [0.15, 0.2) is 23.8 Å². The van der Waals surface area contributed by atoms with Crippen LogP contribution in [0.25, 0.3) is 0 Å². The van der Waals surface area contributed by atoms with E-state index in [0.717, 1.165) is 24.8 Å². The van der Waals surface area contributed by atoms with E-state index in [1.165, 1.54) is 18.4 Å². The quantitative estimate of drug-likeness (QED) is 0.414. The van der Waals surface area contributed by atoms with Gasteiger partial charge in [-0.05, 0) is 37.0 Å². The number of hydrogen-bond acceptors (Lipinski definition) is 2. The first-order valence-electron chi connectivity index (χ1n) is 6.54. The van der Waals surface area contributed by atoms with Gasteiger partial charge in [-0.3, -0.25) is 0 Å². The van der Waals surface area contributed by atoms with Gasteiger partial charge in [0, 0.05) is 12.0 Å². The van der Waals surface area contributed by atoms with E-state index in [4.69, 9.17) is 4.74 Å². The topological polar surface area (TPSA) is 26.3 Å². The minimum Gasteiger partial charge on any atom is -0.462 e. The molecule has 1 aliphatic heterocycles. The fourth-order valence-corrected chi connectivity index (χ4v) is 3.05. The van der Waals surface area contributed by atoms with Crippen LogP contribution in [-0.4, -0.2) is 12.6 Å². The zero-order valence-corrected chi connectivity index (χ0v) is 10.9. The van der Waals surface area contributed by atoms with E-state index in [1.807, 2.05) is 0 Å². The Bertz CT molecular complexity index is 363. The van der Waals surface area contributed by atoms with E-state index in [-0.39, 0.29) is 5.97 Å². The van der Waals surface area contributed by atoms with Crippen LogP contribution in [0.5, 0.6) is 0 Å². The van der Waals surface area contributed by atoms with Crippen LogP contribution in [0.1, 0.15) is 46.0 Å². The highest BCUT2D eigenvalue weighted by Gasteiger charge is 2.34. The second kappa shape index (κ2) is 4.67. The summed E-state index contributed by atoms with van der Waals surface area (Å²) in [6.45, 7) is 9.39. The Morgan fingerprint density at radius 3 is 2.82 bits per heavy atom. The molecule has 2 rings (SSSR count). The number of carbonyl (C=O) groups is 1. The molecule has 0 amide bonds. The number of hydrogen-bond donors (Lipinski definition) is 0. The number of carbonyl (C=O) groups excluding carboxylic acids is 1. The van der Waals surface area contributed by atoms with Crippen LogP contribution in [0.4, 0.5) is 0 Å². The normalized spacial score (nSPS) is 30.7. The third-order valence-electron chi connectivity index (χ3n) is 4.22. The highest BCUT2D eigenvalue weighted by atomic mass is 16.5. The minimum atomic E-state index is -0.121. The van der Waals surface area contributed by atoms with Gasteiger partial charge >= 0.3 is 5.97 Å². The maximum Gasteiger partial charge on any atom is 0.333 e. The Morgan fingerprint density at radius 2 is 2.24 bits per heavy atom. The van der Waals surface area contributed by atoms with Crippen molar-refractivity contribution in [2.45, 2.75) is 46.0 Å². The van der Waals surface area contributed by atoms with Crippen molar-refractivity contribution in [2.75, 3.05) is 6.61 Å². The first-order valence-corrected chi connectivity index (χ1v) is 6.54. The van der Waals surface area contributed by atoms with Gasteiger partial charge in [-0.25, -0.2) is 4.79 Å². The Labute approximate surface area is 104 Å². The molecule has 2 nitrogen and oxygen atoms in total. The fraction of sp³-hybridized carbons (Fsp3) is 0.667. The molecule has 0 spiro atoms. The van der Waals surface area contributed by atoms with E-state index in [0.29, 0.717) is 17.9 Å². The SMILES string of the molecule is C=C1CCCC(C)(C)[C@H]1CC=C1CCOC1=O. The van der Waals surface area contributed by atoms with E-state index >= 15 is 0 Å². The molecule has 0 radical (unpaired) electrons. The van der Waals surface area contributed by atoms with Crippen LogP contribution >= 0.6 is 0 Å². The lowest BCUT2D eigenvalue weighted by Crippen LogP contribution is -2.29. The van der Waals surface area contributed by atoms with Crippen molar-refractivity contribution in [3.8, 4) is 0 Å². The van der Waals surface area contributed by atoms with Crippen molar-refractivity contribution in [2.24, 2.45) is 11.3 Å². The molecule has 0 aromatic rings. The van der Waals surface area contributed by atoms with Gasteiger partial charge in [0.05, 0.1) is 6.61 Å². The number of allylic oxidation sites excluding steroid dienone is 2. The second-order valence-electron chi connectivity index (χ2n) is 5.90. The average Bonchev–Trinajstić information content (AvgIpc) is 2.63. The summed E-state index contributed by atoms with van der Waals surface area (Å²) >= 11 is 0. The van der Waals surface area contributed by atoms with Gasteiger partial charge in [-0.15, -0.1) is 0 Å². The monoisotopic (exact) mass is 234 g/mol. The molecule has 0 aromatic carbocycles.